The molecule has 2 heteroatoms. The van der Waals surface area contributed by atoms with Gasteiger partial charge in [-0.05, 0) is 19.8 Å². The van der Waals surface area contributed by atoms with Crippen molar-refractivity contribution in [2.45, 2.75) is 130 Å². The van der Waals surface area contributed by atoms with Gasteiger partial charge in [-0.2, -0.15) is 0 Å². The molecule has 0 radical (unpaired) electrons. The number of nitrogens with zero attached hydrogens (tertiary/aromatic N) is 2. The highest BCUT2D eigenvalue weighted by molar-refractivity contribution is 4.95. The summed E-state index contributed by atoms with van der Waals surface area (Å²) in [7, 11) is 0. The molecular formula is C24H48N2. The molecule has 0 amide bonds. The Balaban J connectivity index is 1.78. The van der Waals surface area contributed by atoms with Crippen molar-refractivity contribution in [1.82, 2.24) is 9.80 Å². The molecule has 0 saturated carbocycles. The van der Waals surface area contributed by atoms with E-state index in [4.69, 9.17) is 0 Å². The molecule has 154 valence electrons. The van der Waals surface area contributed by atoms with Crippen LogP contribution in [0.1, 0.15) is 124 Å². The third-order valence-electron chi connectivity index (χ3n) is 5.91. The van der Waals surface area contributed by atoms with Gasteiger partial charge in [-0.1, -0.05) is 104 Å². The summed E-state index contributed by atoms with van der Waals surface area (Å²) in [6.45, 7) is 9.31. The molecule has 0 spiro atoms. The SMILES string of the molecule is CCCCCCCCCCCCCCCCCN1C=CN(CCC)C1C. The fourth-order valence-electron chi connectivity index (χ4n) is 4.06. The van der Waals surface area contributed by atoms with Crippen LogP contribution in [0.4, 0.5) is 0 Å². The number of rotatable bonds is 18. The van der Waals surface area contributed by atoms with Crippen molar-refractivity contribution in [3.63, 3.8) is 0 Å². The standard InChI is InChI=1S/C24H48N2/c1-4-6-7-8-9-10-11-12-13-14-15-16-17-18-19-21-26-23-22-25(20-5-2)24(26)3/h22-24H,4-21H2,1-3H3. The van der Waals surface area contributed by atoms with Crippen molar-refractivity contribution in [3.05, 3.63) is 12.4 Å². The molecule has 1 unspecified atom stereocenters. The topological polar surface area (TPSA) is 6.48 Å². The van der Waals surface area contributed by atoms with Gasteiger partial charge in [0.2, 0.25) is 0 Å². The van der Waals surface area contributed by atoms with Crippen molar-refractivity contribution in [2.24, 2.45) is 0 Å². The van der Waals surface area contributed by atoms with Gasteiger partial charge in [0.25, 0.3) is 0 Å². The Bertz CT molecular complexity index is 326. The first kappa shape index (κ1) is 23.4. The summed E-state index contributed by atoms with van der Waals surface area (Å²) < 4.78 is 0. The molecule has 0 bridgehead atoms. The molecular weight excluding hydrogens is 316 g/mol. The molecule has 0 aromatic carbocycles. The minimum absolute atomic E-state index is 0.571. The van der Waals surface area contributed by atoms with Gasteiger partial charge in [0.1, 0.15) is 0 Å². The lowest BCUT2D eigenvalue weighted by Gasteiger charge is -2.29. The largest absolute Gasteiger partial charge is 0.356 e. The number of hydrogen-bond acceptors (Lipinski definition) is 2. The summed E-state index contributed by atoms with van der Waals surface area (Å²) in [5, 5.41) is 0. The van der Waals surface area contributed by atoms with Gasteiger partial charge < -0.3 is 9.80 Å². The first-order valence-electron chi connectivity index (χ1n) is 12.0. The molecule has 26 heavy (non-hydrogen) atoms. The van der Waals surface area contributed by atoms with E-state index in [1.165, 1.54) is 116 Å². The van der Waals surface area contributed by atoms with Gasteiger partial charge in [-0.15, -0.1) is 0 Å². The minimum Gasteiger partial charge on any atom is -0.356 e. The Labute approximate surface area is 165 Å². The van der Waals surface area contributed by atoms with Crippen LogP contribution >= 0.6 is 0 Å². The lowest BCUT2D eigenvalue weighted by atomic mass is 10.0. The molecule has 0 N–H and O–H groups in total. The smallest absolute Gasteiger partial charge is 0.0977 e. The van der Waals surface area contributed by atoms with E-state index in [1.54, 1.807) is 0 Å². The second-order valence-corrected chi connectivity index (χ2v) is 8.36. The van der Waals surface area contributed by atoms with E-state index in [1.807, 2.05) is 0 Å². The maximum absolute atomic E-state index is 2.51. The zero-order chi connectivity index (χ0) is 18.9. The first-order chi connectivity index (χ1) is 12.8. The van der Waals surface area contributed by atoms with E-state index in [2.05, 4.69) is 43.0 Å². The van der Waals surface area contributed by atoms with Gasteiger partial charge in [-0.3, -0.25) is 0 Å². The first-order valence-corrected chi connectivity index (χ1v) is 12.0. The Hall–Kier alpha value is -0.660. The molecule has 1 aliphatic rings. The quantitative estimate of drug-likeness (QED) is 0.230. The van der Waals surface area contributed by atoms with Gasteiger partial charge in [0.15, 0.2) is 0 Å². The fourth-order valence-corrected chi connectivity index (χ4v) is 4.06. The summed E-state index contributed by atoms with van der Waals surface area (Å²) in [6, 6.07) is 0. The Kier molecular flexibility index (Phi) is 14.8. The minimum atomic E-state index is 0.571. The molecule has 1 atom stereocenters. The molecule has 0 aliphatic carbocycles. The molecule has 2 nitrogen and oxygen atoms in total. The average Bonchev–Trinajstić information content (AvgIpc) is 2.99. The Morgan fingerprint density at radius 1 is 0.500 bits per heavy atom. The Morgan fingerprint density at radius 2 is 0.885 bits per heavy atom. The van der Waals surface area contributed by atoms with E-state index < -0.39 is 0 Å². The maximum Gasteiger partial charge on any atom is 0.0977 e. The number of unbranched alkanes of at least 4 members (excludes halogenated alkanes) is 14. The van der Waals surface area contributed by atoms with Gasteiger partial charge >= 0.3 is 0 Å². The van der Waals surface area contributed by atoms with Gasteiger partial charge in [0, 0.05) is 25.5 Å². The van der Waals surface area contributed by atoms with Crippen LogP contribution in [0.5, 0.6) is 0 Å². The van der Waals surface area contributed by atoms with E-state index >= 15 is 0 Å². The highest BCUT2D eigenvalue weighted by Crippen LogP contribution is 2.17. The van der Waals surface area contributed by atoms with E-state index in [0.29, 0.717) is 6.17 Å². The zero-order valence-corrected chi connectivity index (χ0v) is 18.4. The summed E-state index contributed by atoms with van der Waals surface area (Å²) in [4.78, 5) is 4.98. The molecule has 1 heterocycles. The van der Waals surface area contributed by atoms with Crippen LogP contribution in [0.15, 0.2) is 12.4 Å². The predicted molar refractivity (Wildman–Crippen MR) is 117 cm³/mol. The average molecular weight is 365 g/mol. The molecule has 1 aliphatic heterocycles. The van der Waals surface area contributed by atoms with Crippen molar-refractivity contribution in [2.75, 3.05) is 13.1 Å². The second-order valence-electron chi connectivity index (χ2n) is 8.36. The molecule has 0 aromatic rings. The van der Waals surface area contributed by atoms with Crippen LogP contribution in [-0.4, -0.2) is 29.1 Å². The highest BCUT2D eigenvalue weighted by Gasteiger charge is 2.19. The summed E-state index contributed by atoms with van der Waals surface area (Å²) in [6.07, 6.45) is 28.0. The van der Waals surface area contributed by atoms with Crippen LogP contribution in [0.2, 0.25) is 0 Å². The van der Waals surface area contributed by atoms with E-state index in [0.717, 1.165) is 0 Å². The summed E-state index contributed by atoms with van der Waals surface area (Å²) >= 11 is 0. The third-order valence-corrected chi connectivity index (χ3v) is 5.91. The van der Waals surface area contributed by atoms with Crippen molar-refractivity contribution >= 4 is 0 Å². The molecule has 0 aromatic heterocycles. The molecule has 1 rings (SSSR count). The van der Waals surface area contributed by atoms with Crippen molar-refractivity contribution < 1.29 is 0 Å². The fraction of sp³-hybridized carbons (Fsp3) is 0.917. The van der Waals surface area contributed by atoms with Crippen LogP contribution < -0.4 is 0 Å². The molecule has 0 saturated heterocycles. The van der Waals surface area contributed by atoms with Crippen LogP contribution in [-0.2, 0) is 0 Å². The van der Waals surface area contributed by atoms with Gasteiger partial charge in [0.05, 0.1) is 6.17 Å². The van der Waals surface area contributed by atoms with Crippen LogP contribution in [0.3, 0.4) is 0 Å². The third kappa shape index (κ3) is 11.1. The Morgan fingerprint density at radius 3 is 1.31 bits per heavy atom. The normalized spacial score (nSPS) is 16.8. The summed E-state index contributed by atoms with van der Waals surface area (Å²) in [5.41, 5.74) is 0. The van der Waals surface area contributed by atoms with E-state index in [-0.39, 0.29) is 0 Å². The highest BCUT2D eigenvalue weighted by atomic mass is 15.4. The maximum atomic E-state index is 2.51. The molecule has 0 fully saturated rings. The van der Waals surface area contributed by atoms with Crippen LogP contribution in [0, 0.1) is 0 Å². The van der Waals surface area contributed by atoms with E-state index in [9.17, 15) is 0 Å². The second kappa shape index (κ2) is 16.5. The van der Waals surface area contributed by atoms with Crippen LogP contribution in [0.25, 0.3) is 0 Å². The van der Waals surface area contributed by atoms with Crippen molar-refractivity contribution in [3.8, 4) is 0 Å². The number of hydrogen-bond donors (Lipinski definition) is 0. The lowest BCUT2D eigenvalue weighted by Crippen LogP contribution is -2.36. The van der Waals surface area contributed by atoms with Gasteiger partial charge in [-0.25, -0.2) is 0 Å². The lowest BCUT2D eigenvalue weighted by molar-refractivity contribution is 0.168. The zero-order valence-electron chi connectivity index (χ0n) is 18.4. The monoisotopic (exact) mass is 364 g/mol. The van der Waals surface area contributed by atoms with Crippen molar-refractivity contribution in [1.29, 1.82) is 0 Å². The predicted octanol–water partition coefficient (Wildman–Crippen LogP) is 7.70. The summed E-state index contributed by atoms with van der Waals surface area (Å²) in [5.74, 6) is 0.